The summed E-state index contributed by atoms with van der Waals surface area (Å²) < 4.78 is 0. The predicted molar refractivity (Wildman–Crippen MR) is 79.1 cm³/mol. The van der Waals surface area contributed by atoms with Gasteiger partial charge in [0.05, 0.1) is 5.69 Å². The third-order valence-corrected chi connectivity index (χ3v) is 1.83. The Morgan fingerprint density at radius 3 is 2.83 bits per heavy atom. The number of hydrogen-bond donors (Lipinski definition) is 1. The quantitative estimate of drug-likeness (QED) is 0.226. The van der Waals surface area contributed by atoms with Crippen molar-refractivity contribution in [3.63, 3.8) is 0 Å². The van der Waals surface area contributed by atoms with Gasteiger partial charge in [-0.1, -0.05) is 13.0 Å². The molecule has 0 fully saturated rings. The molecule has 1 aromatic rings. The van der Waals surface area contributed by atoms with Crippen molar-refractivity contribution in [2.24, 2.45) is 5.10 Å². The molecule has 1 aromatic heterocycles. The Bertz CT molecular complexity index is 390. The number of aromatic nitrogens is 1. The second-order valence-corrected chi connectivity index (χ2v) is 4.92. The molecular formula is C10H14Cl2CuN4S. The van der Waals surface area contributed by atoms with Gasteiger partial charge in [0.25, 0.3) is 0 Å². The van der Waals surface area contributed by atoms with E-state index in [1.54, 1.807) is 6.21 Å². The van der Waals surface area contributed by atoms with Gasteiger partial charge in [-0.25, -0.2) is 0 Å². The first-order valence-electron chi connectivity index (χ1n) is 4.92. The van der Waals surface area contributed by atoms with Crippen LogP contribution in [0.15, 0.2) is 23.3 Å². The minimum absolute atomic E-state index is 0.501. The average Bonchev–Trinajstić information content (AvgIpc) is 2.30. The van der Waals surface area contributed by atoms with Crippen LogP contribution in [0.5, 0.6) is 0 Å². The van der Waals surface area contributed by atoms with Crippen molar-refractivity contribution in [3.8, 4) is 0 Å². The zero-order valence-corrected chi connectivity index (χ0v) is 13.2. The normalized spacial score (nSPS) is 10.0. The van der Waals surface area contributed by atoms with Crippen LogP contribution in [-0.4, -0.2) is 22.9 Å². The Morgan fingerprint density at radius 2 is 2.28 bits per heavy atom. The standard InChI is InChI=1S/C10H14N4S.2ClH.Cu/c1-3-11-10(15)14-12-7-9-6-4-5-8(2)13-9;;;/h4-7H,3H2,1-2H3,(H2,11,13,14,15);2*1H;/q;;;+2/p-2. The van der Waals surface area contributed by atoms with E-state index in [0.29, 0.717) is 5.11 Å². The number of hydrogen-bond acceptors (Lipinski definition) is 2. The molecule has 0 aromatic carbocycles. The van der Waals surface area contributed by atoms with Gasteiger partial charge >= 0.3 is 33.3 Å². The number of aryl methyl sites for hydroxylation is 1. The van der Waals surface area contributed by atoms with Gasteiger partial charge in [-0.15, -0.1) is 0 Å². The molecule has 0 atom stereocenters. The van der Waals surface area contributed by atoms with E-state index in [2.05, 4.69) is 53.2 Å². The Labute approximate surface area is 127 Å². The molecular weight excluding hydrogens is 343 g/mol. The van der Waals surface area contributed by atoms with Crippen molar-refractivity contribution in [2.75, 3.05) is 6.54 Å². The molecule has 4 nitrogen and oxygen atoms in total. The zero-order valence-electron chi connectivity index (χ0n) is 9.86. The molecule has 0 bridgehead atoms. The Kier molecular flexibility index (Phi) is 11.7. The molecule has 0 radical (unpaired) electrons. The fraction of sp³-hybridized carbons (Fsp3) is 0.300. The molecule has 1 N–H and O–H groups in total. The third-order valence-electron chi connectivity index (χ3n) is 1.59. The first-order chi connectivity index (χ1) is 8.63. The van der Waals surface area contributed by atoms with Gasteiger partial charge < -0.3 is 10.5 Å². The van der Waals surface area contributed by atoms with Crippen LogP contribution in [-0.2, 0) is 25.4 Å². The first kappa shape index (κ1) is 17.8. The second kappa shape index (κ2) is 11.8. The number of thiol groups is 1. The van der Waals surface area contributed by atoms with Crippen LogP contribution in [0.2, 0.25) is 0 Å². The number of rotatable bonds is 3. The van der Waals surface area contributed by atoms with Crippen LogP contribution in [0.4, 0.5) is 0 Å². The van der Waals surface area contributed by atoms with Gasteiger partial charge in [0.2, 0.25) is 0 Å². The summed E-state index contributed by atoms with van der Waals surface area (Å²) >= 11 is 4.84. The molecule has 8 heteroatoms. The summed E-state index contributed by atoms with van der Waals surface area (Å²) in [6.07, 6.45) is 1.60. The molecule has 0 unspecified atom stereocenters. The molecule has 18 heavy (non-hydrogen) atoms. The second-order valence-electron chi connectivity index (χ2n) is 2.95. The summed E-state index contributed by atoms with van der Waals surface area (Å²) in [5, 5.41) is 7.29. The summed E-state index contributed by atoms with van der Waals surface area (Å²) in [7, 11) is 9.34. The summed E-state index contributed by atoms with van der Waals surface area (Å²) in [5.41, 5.74) is 5.59. The van der Waals surface area contributed by atoms with E-state index >= 15 is 0 Å². The Balaban J connectivity index is 0.000000873. The predicted octanol–water partition coefficient (Wildman–Crippen LogP) is 2.45. The zero-order chi connectivity index (χ0) is 13.8. The molecule has 0 amide bonds. The van der Waals surface area contributed by atoms with Crippen LogP contribution >= 0.6 is 20.2 Å². The first-order valence-corrected chi connectivity index (χ1v) is 7.96. The summed E-state index contributed by atoms with van der Waals surface area (Å²) in [5.74, 6) is 0. The minimum atomic E-state index is 0.501. The molecule has 105 valence electrons. The van der Waals surface area contributed by atoms with E-state index in [1.165, 1.54) is 0 Å². The van der Waals surface area contributed by atoms with E-state index in [0.717, 1.165) is 31.1 Å². The molecule has 0 spiro atoms. The van der Waals surface area contributed by atoms with Gasteiger partial charge in [-0.3, -0.25) is 10.3 Å². The monoisotopic (exact) mass is 355 g/mol. The van der Waals surface area contributed by atoms with Crippen LogP contribution in [0.3, 0.4) is 0 Å². The van der Waals surface area contributed by atoms with Crippen molar-refractivity contribution in [3.05, 3.63) is 35.0 Å². The van der Waals surface area contributed by atoms with Crippen LogP contribution in [0.25, 0.3) is 5.43 Å². The van der Waals surface area contributed by atoms with Gasteiger partial charge in [-0.05, 0) is 25.6 Å². The van der Waals surface area contributed by atoms with Crippen molar-refractivity contribution >= 4 is 43.7 Å². The van der Waals surface area contributed by atoms with E-state index in [4.69, 9.17) is 0 Å². The number of nitrogens with zero attached hydrogens (tertiary/aromatic N) is 3. The van der Waals surface area contributed by atoms with Gasteiger partial charge in [0.1, 0.15) is 0 Å². The van der Waals surface area contributed by atoms with Crippen molar-refractivity contribution in [2.45, 2.75) is 13.8 Å². The van der Waals surface area contributed by atoms with Crippen molar-refractivity contribution < 1.29 is 13.1 Å². The Hall–Kier alpha value is -0.231. The molecule has 0 aliphatic heterocycles. The summed E-state index contributed by atoms with van der Waals surface area (Å²) in [4.78, 5) is 4.25. The van der Waals surface area contributed by atoms with E-state index in [-0.39, 0.29) is 0 Å². The fourth-order valence-corrected chi connectivity index (χ4v) is 1.18. The number of halogens is 2. The maximum absolute atomic E-state index is 4.67. The number of nitrogens with one attached hydrogen (secondary N) is 1. The Morgan fingerprint density at radius 1 is 1.61 bits per heavy atom. The van der Waals surface area contributed by atoms with Crippen LogP contribution < -0.4 is 5.32 Å². The van der Waals surface area contributed by atoms with E-state index < -0.39 is 0 Å². The molecule has 0 saturated heterocycles. The topological polar surface area (TPSA) is 51.4 Å². The summed E-state index contributed by atoms with van der Waals surface area (Å²) in [6, 6.07) is 5.74. The molecule has 0 aliphatic rings. The molecule has 1 rings (SSSR count). The van der Waals surface area contributed by atoms with Crippen LogP contribution in [0, 0.1) is 6.92 Å². The van der Waals surface area contributed by atoms with Gasteiger partial charge in [0, 0.05) is 11.9 Å². The molecule has 0 aliphatic carbocycles. The number of pyridine rings is 1. The SMILES string of the molecule is CCNC(=[SH+])[N-]N=Cc1cccc(C)n1.[Cl][Cu][Cl]. The maximum atomic E-state index is 4.67. The van der Waals surface area contributed by atoms with Crippen molar-refractivity contribution in [1.29, 1.82) is 0 Å². The van der Waals surface area contributed by atoms with E-state index in [1.807, 2.05) is 32.0 Å². The van der Waals surface area contributed by atoms with Crippen LogP contribution in [0.1, 0.15) is 18.3 Å². The van der Waals surface area contributed by atoms with Crippen molar-refractivity contribution in [1.82, 2.24) is 10.3 Å². The van der Waals surface area contributed by atoms with E-state index in [9.17, 15) is 0 Å². The van der Waals surface area contributed by atoms with Gasteiger partial charge in [-0.2, -0.15) is 0 Å². The summed E-state index contributed by atoms with van der Waals surface area (Å²) in [6.45, 7) is 4.68. The van der Waals surface area contributed by atoms with Gasteiger partial charge in [0.15, 0.2) is 17.3 Å². The third kappa shape index (κ3) is 9.76. The molecule has 0 saturated carbocycles. The average molecular weight is 357 g/mol. The molecule has 1 heterocycles. The fourth-order valence-electron chi connectivity index (χ4n) is 0.972.